The summed E-state index contributed by atoms with van der Waals surface area (Å²) in [5.74, 6) is 0.944. The minimum atomic E-state index is -0.947. The average molecular weight is 236 g/mol. The number of aliphatic hydroxyl groups excluding tert-OH is 1. The quantitative estimate of drug-likeness (QED) is 0.687. The van der Waals surface area contributed by atoms with E-state index in [2.05, 4.69) is 26.5 Å². The molecule has 0 unspecified atom stereocenters. The summed E-state index contributed by atoms with van der Waals surface area (Å²) in [5.41, 5.74) is 1.57. The monoisotopic (exact) mass is 236 g/mol. The molecule has 0 heterocycles. The molecule has 0 spiro atoms. The highest BCUT2D eigenvalue weighted by Crippen LogP contribution is 2.49. The molecule has 0 bridgehead atoms. The van der Waals surface area contributed by atoms with Crippen LogP contribution in [-0.4, -0.2) is 21.9 Å². The Hall–Kier alpha value is -0.600. The molecule has 1 saturated carbocycles. The predicted molar refractivity (Wildman–Crippen MR) is 69.5 cm³/mol. The van der Waals surface area contributed by atoms with Crippen LogP contribution >= 0.6 is 0 Å². The minimum absolute atomic E-state index is 0.165. The fourth-order valence-electron chi connectivity index (χ4n) is 3.49. The smallest absolute Gasteiger partial charge is 0.0911 e. The number of hydrogen-bond donors (Lipinski definition) is 2. The highest BCUT2D eigenvalue weighted by atomic mass is 16.3. The zero-order valence-electron chi connectivity index (χ0n) is 11.1. The van der Waals surface area contributed by atoms with E-state index in [0.717, 1.165) is 12.8 Å². The Morgan fingerprint density at radius 1 is 1.47 bits per heavy atom. The van der Waals surface area contributed by atoms with E-state index in [1.54, 1.807) is 6.92 Å². The molecular weight excluding hydrogens is 212 g/mol. The molecule has 2 aliphatic carbocycles. The first kappa shape index (κ1) is 12.8. The Balaban J connectivity index is 2.31. The Labute approximate surface area is 104 Å². The fraction of sp³-hybridized carbons (Fsp3) is 0.733. The third-order valence-corrected chi connectivity index (χ3v) is 4.93. The van der Waals surface area contributed by atoms with Crippen LogP contribution in [-0.2, 0) is 0 Å². The van der Waals surface area contributed by atoms with E-state index < -0.39 is 11.7 Å². The maximum atomic E-state index is 10.5. The average Bonchev–Trinajstić information content (AvgIpc) is 2.37. The summed E-state index contributed by atoms with van der Waals surface area (Å²) in [4.78, 5) is 0. The lowest BCUT2D eigenvalue weighted by Gasteiger charge is -2.32. The summed E-state index contributed by atoms with van der Waals surface area (Å²) in [6.45, 7) is 10.0. The molecule has 0 aromatic heterocycles. The number of allylic oxidation sites excluding steroid dienone is 3. The van der Waals surface area contributed by atoms with Crippen molar-refractivity contribution in [3.8, 4) is 0 Å². The van der Waals surface area contributed by atoms with E-state index in [0.29, 0.717) is 18.3 Å². The van der Waals surface area contributed by atoms with Crippen molar-refractivity contribution in [3.63, 3.8) is 0 Å². The largest absolute Gasteiger partial charge is 0.390 e. The van der Waals surface area contributed by atoms with Gasteiger partial charge >= 0.3 is 0 Å². The third-order valence-electron chi connectivity index (χ3n) is 4.93. The zero-order valence-corrected chi connectivity index (χ0v) is 11.1. The summed E-state index contributed by atoms with van der Waals surface area (Å²) in [5, 5.41) is 20.5. The van der Waals surface area contributed by atoms with E-state index >= 15 is 0 Å². The molecule has 2 N–H and O–H groups in total. The summed E-state index contributed by atoms with van der Waals surface area (Å²) < 4.78 is 0. The first-order valence-electron chi connectivity index (χ1n) is 6.56. The van der Waals surface area contributed by atoms with Gasteiger partial charge in [-0.2, -0.15) is 0 Å². The number of hydrogen-bond acceptors (Lipinski definition) is 2. The van der Waals surface area contributed by atoms with Gasteiger partial charge < -0.3 is 10.2 Å². The molecule has 1 fully saturated rings. The molecule has 17 heavy (non-hydrogen) atoms. The van der Waals surface area contributed by atoms with Gasteiger partial charge in [0, 0.05) is 0 Å². The first-order valence-corrected chi connectivity index (χ1v) is 6.56. The molecule has 2 aliphatic rings. The molecule has 96 valence electrons. The SMILES string of the molecule is C=C(C)[C@H]1CC=C(C)[C@H]2C[C@H](O)[C@@](C)(O)[C@@H]2C1. The van der Waals surface area contributed by atoms with E-state index in [9.17, 15) is 10.2 Å². The number of rotatable bonds is 1. The lowest BCUT2D eigenvalue weighted by Crippen LogP contribution is -2.41. The van der Waals surface area contributed by atoms with Crippen LogP contribution in [0.3, 0.4) is 0 Å². The van der Waals surface area contributed by atoms with Crippen LogP contribution < -0.4 is 0 Å². The number of fused-ring (bicyclic) bond motifs is 1. The van der Waals surface area contributed by atoms with E-state index in [4.69, 9.17) is 0 Å². The Morgan fingerprint density at radius 2 is 2.12 bits per heavy atom. The highest BCUT2D eigenvalue weighted by Gasteiger charge is 2.51. The highest BCUT2D eigenvalue weighted by molar-refractivity contribution is 5.19. The normalized spacial score (nSPS) is 46.1. The van der Waals surface area contributed by atoms with Gasteiger partial charge in [-0.15, -0.1) is 0 Å². The summed E-state index contributed by atoms with van der Waals surface area (Å²) in [7, 11) is 0. The second-order valence-corrected chi connectivity index (χ2v) is 6.15. The van der Waals surface area contributed by atoms with Crippen molar-refractivity contribution < 1.29 is 10.2 Å². The van der Waals surface area contributed by atoms with E-state index in [1.165, 1.54) is 11.1 Å². The third kappa shape index (κ3) is 2.09. The lowest BCUT2D eigenvalue weighted by atomic mass is 9.78. The molecule has 0 aliphatic heterocycles. The van der Waals surface area contributed by atoms with Gasteiger partial charge in [0.05, 0.1) is 11.7 Å². The van der Waals surface area contributed by atoms with Gasteiger partial charge in [0.2, 0.25) is 0 Å². The molecule has 0 radical (unpaired) electrons. The van der Waals surface area contributed by atoms with Crippen molar-refractivity contribution in [2.24, 2.45) is 17.8 Å². The second-order valence-electron chi connectivity index (χ2n) is 6.15. The van der Waals surface area contributed by atoms with Crippen LogP contribution in [0.25, 0.3) is 0 Å². The van der Waals surface area contributed by atoms with Crippen LogP contribution in [0.4, 0.5) is 0 Å². The molecule has 2 nitrogen and oxygen atoms in total. The fourth-order valence-corrected chi connectivity index (χ4v) is 3.49. The Bertz CT molecular complexity index is 354. The molecule has 0 aromatic carbocycles. The molecular formula is C15H24O2. The van der Waals surface area contributed by atoms with Crippen LogP contribution in [0.2, 0.25) is 0 Å². The molecule has 2 heteroatoms. The zero-order chi connectivity index (χ0) is 12.8. The Kier molecular flexibility index (Phi) is 3.21. The van der Waals surface area contributed by atoms with Gasteiger partial charge in [0.1, 0.15) is 0 Å². The van der Waals surface area contributed by atoms with Crippen molar-refractivity contribution in [3.05, 3.63) is 23.8 Å². The maximum absolute atomic E-state index is 10.5. The summed E-state index contributed by atoms with van der Waals surface area (Å²) in [6.07, 6.45) is 4.35. The first-order chi connectivity index (χ1) is 7.84. The van der Waals surface area contributed by atoms with E-state index in [1.807, 2.05) is 0 Å². The minimum Gasteiger partial charge on any atom is -0.390 e. The van der Waals surface area contributed by atoms with Crippen molar-refractivity contribution >= 4 is 0 Å². The van der Waals surface area contributed by atoms with E-state index in [-0.39, 0.29) is 5.92 Å². The van der Waals surface area contributed by atoms with Gasteiger partial charge in [-0.25, -0.2) is 0 Å². The van der Waals surface area contributed by atoms with Crippen molar-refractivity contribution in [1.82, 2.24) is 0 Å². The Morgan fingerprint density at radius 3 is 2.71 bits per heavy atom. The summed E-state index contributed by atoms with van der Waals surface area (Å²) >= 11 is 0. The van der Waals surface area contributed by atoms with Gasteiger partial charge in [-0.05, 0) is 57.8 Å². The molecule has 5 atom stereocenters. The summed E-state index contributed by atoms with van der Waals surface area (Å²) in [6, 6.07) is 0. The predicted octanol–water partition coefficient (Wildman–Crippen LogP) is 2.67. The van der Waals surface area contributed by atoms with Gasteiger partial charge in [0.15, 0.2) is 0 Å². The van der Waals surface area contributed by atoms with Crippen molar-refractivity contribution in [1.29, 1.82) is 0 Å². The second kappa shape index (κ2) is 4.25. The van der Waals surface area contributed by atoms with Crippen LogP contribution in [0.1, 0.15) is 40.0 Å². The molecule has 0 amide bonds. The standard InChI is InChI=1S/C15H24O2/c1-9(2)11-6-5-10(3)12-8-14(16)15(4,17)13(12)7-11/h5,11-14,16-17H,1,6-8H2,2-4H3/t11-,12+,13+,14-,15-/m0/s1. The molecule has 0 aromatic rings. The van der Waals surface area contributed by atoms with Gasteiger partial charge in [0.25, 0.3) is 0 Å². The van der Waals surface area contributed by atoms with Crippen molar-refractivity contribution in [2.75, 3.05) is 0 Å². The van der Waals surface area contributed by atoms with Crippen molar-refractivity contribution in [2.45, 2.75) is 51.7 Å². The number of aliphatic hydroxyl groups is 2. The van der Waals surface area contributed by atoms with Gasteiger partial charge in [-0.1, -0.05) is 23.8 Å². The molecule has 2 rings (SSSR count). The van der Waals surface area contributed by atoms with Crippen LogP contribution in [0.15, 0.2) is 23.8 Å². The molecule has 0 saturated heterocycles. The van der Waals surface area contributed by atoms with Crippen LogP contribution in [0.5, 0.6) is 0 Å². The maximum Gasteiger partial charge on any atom is 0.0911 e. The lowest BCUT2D eigenvalue weighted by molar-refractivity contribution is -0.0718. The van der Waals surface area contributed by atoms with Gasteiger partial charge in [-0.3, -0.25) is 0 Å². The van der Waals surface area contributed by atoms with Crippen LogP contribution in [0, 0.1) is 17.8 Å². The topological polar surface area (TPSA) is 40.5 Å².